The minimum Gasteiger partial charge on any atom is -0.339 e. The van der Waals surface area contributed by atoms with Crippen LogP contribution in [-0.2, 0) is 9.59 Å². The first-order chi connectivity index (χ1) is 13.0. The Kier molecular flexibility index (Phi) is 7.04. The number of hydrogen-bond acceptors (Lipinski definition) is 5. The zero-order valence-electron chi connectivity index (χ0n) is 14.9. The van der Waals surface area contributed by atoms with E-state index >= 15 is 0 Å². The van der Waals surface area contributed by atoms with Crippen LogP contribution in [0.3, 0.4) is 0 Å². The smallest absolute Gasteiger partial charge is 0.267 e. The molecule has 0 aliphatic carbocycles. The van der Waals surface area contributed by atoms with Crippen molar-refractivity contribution in [2.75, 3.05) is 11.9 Å². The van der Waals surface area contributed by atoms with Gasteiger partial charge in [-0.05, 0) is 35.4 Å². The van der Waals surface area contributed by atoms with E-state index in [1.807, 2.05) is 18.2 Å². The van der Waals surface area contributed by atoms with Crippen LogP contribution in [0.4, 0.5) is 5.69 Å². The lowest BCUT2D eigenvalue weighted by Crippen LogP contribution is -2.50. The van der Waals surface area contributed by atoms with Crippen LogP contribution < -0.4 is 21.8 Å². The Morgan fingerprint density at radius 2 is 1.78 bits per heavy atom. The van der Waals surface area contributed by atoms with Gasteiger partial charge in [0.2, 0.25) is 5.91 Å². The largest absolute Gasteiger partial charge is 0.339 e. The molecule has 2 aromatic rings. The zero-order valence-corrected chi connectivity index (χ0v) is 14.9. The minimum atomic E-state index is -1.03. The third-order valence-electron chi connectivity index (χ3n) is 3.92. The molecule has 2 rings (SSSR count). The lowest BCUT2D eigenvalue weighted by molar-refractivity contribution is -0.130. The second kappa shape index (κ2) is 9.46. The summed E-state index contributed by atoms with van der Waals surface area (Å²) in [5.74, 6) is -1.33. The van der Waals surface area contributed by atoms with Crippen LogP contribution >= 0.6 is 0 Å². The van der Waals surface area contributed by atoms with Gasteiger partial charge in [-0.3, -0.25) is 19.6 Å². The van der Waals surface area contributed by atoms with Gasteiger partial charge >= 0.3 is 0 Å². The van der Waals surface area contributed by atoms with Gasteiger partial charge in [-0.15, -0.1) is 0 Å². The van der Waals surface area contributed by atoms with E-state index in [1.54, 1.807) is 37.3 Å². The summed E-state index contributed by atoms with van der Waals surface area (Å²) < 4.78 is 0. The van der Waals surface area contributed by atoms with Gasteiger partial charge < -0.3 is 16.4 Å². The first-order valence-electron chi connectivity index (χ1n) is 8.43. The fourth-order valence-electron chi connectivity index (χ4n) is 2.39. The van der Waals surface area contributed by atoms with Crippen molar-refractivity contribution in [1.29, 1.82) is 0 Å². The number of nitrogens with one attached hydrogen (secondary N) is 3. The average Bonchev–Trinajstić information content (AvgIpc) is 2.71. The molecule has 0 unspecified atom stereocenters. The van der Waals surface area contributed by atoms with Crippen LogP contribution in [0.1, 0.15) is 23.7 Å². The highest BCUT2D eigenvalue weighted by molar-refractivity contribution is 5.98. The van der Waals surface area contributed by atoms with Crippen LogP contribution in [0.5, 0.6) is 0 Å². The highest BCUT2D eigenvalue weighted by Crippen LogP contribution is 2.23. The maximum absolute atomic E-state index is 12.2. The normalized spacial score (nSPS) is 11.4. The number of amides is 3. The molecule has 0 aliphatic rings. The fourth-order valence-corrected chi connectivity index (χ4v) is 2.39. The third-order valence-corrected chi connectivity index (χ3v) is 3.92. The Morgan fingerprint density at radius 3 is 2.37 bits per heavy atom. The van der Waals surface area contributed by atoms with Gasteiger partial charge in [-0.25, -0.2) is 5.48 Å². The van der Waals surface area contributed by atoms with Crippen molar-refractivity contribution in [3.63, 3.8) is 0 Å². The molecule has 0 aliphatic heterocycles. The molecule has 142 valence electrons. The number of hydroxylamine groups is 1. The average molecular weight is 370 g/mol. The van der Waals surface area contributed by atoms with Crippen molar-refractivity contribution in [1.82, 2.24) is 10.8 Å². The highest BCUT2D eigenvalue weighted by atomic mass is 16.5. The summed E-state index contributed by atoms with van der Waals surface area (Å²) >= 11 is 0. The van der Waals surface area contributed by atoms with Crippen molar-refractivity contribution in [3.05, 3.63) is 54.1 Å². The number of hydrogen-bond donors (Lipinski definition) is 5. The Bertz CT molecular complexity index is 821. The van der Waals surface area contributed by atoms with E-state index in [0.29, 0.717) is 17.7 Å². The van der Waals surface area contributed by atoms with Gasteiger partial charge in [0, 0.05) is 24.2 Å². The van der Waals surface area contributed by atoms with Crippen molar-refractivity contribution in [3.8, 4) is 11.1 Å². The molecule has 8 heteroatoms. The van der Waals surface area contributed by atoms with Crippen molar-refractivity contribution in [2.45, 2.75) is 19.4 Å². The zero-order chi connectivity index (χ0) is 19.8. The summed E-state index contributed by atoms with van der Waals surface area (Å²) in [6.07, 6.45) is 0.395. The molecule has 3 amide bonds. The van der Waals surface area contributed by atoms with Crippen LogP contribution in [0.25, 0.3) is 11.1 Å². The summed E-state index contributed by atoms with van der Waals surface area (Å²) in [4.78, 5) is 35.1. The fraction of sp³-hybridized carbons (Fsp3) is 0.211. The SMILES string of the molecule is CCC(=O)Nc1cccc(-c2ccc(C(=O)N[C@@H](CN)C(=O)NO)cc2)c1. The molecule has 0 bridgehead atoms. The topological polar surface area (TPSA) is 134 Å². The molecule has 2 aromatic carbocycles. The molecule has 0 fully saturated rings. The Labute approximate surface area is 156 Å². The Balaban J connectivity index is 2.13. The summed E-state index contributed by atoms with van der Waals surface area (Å²) in [6.45, 7) is 1.63. The number of benzene rings is 2. The minimum absolute atomic E-state index is 0.0689. The molecule has 0 aromatic heterocycles. The van der Waals surface area contributed by atoms with Crippen LogP contribution in [-0.4, -0.2) is 35.5 Å². The van der Waals surface area contributed by atoms with Crippen molar-refractivity contribution in [2.24, 2.45) is 5.73 Å². The summed E-state index contributed by atoms with van der Waals surface area (Å²) in [7, 11) is 0. The van der Waals surface area contributed by atoms with E-state index in [2.05, 4.69) is 10.6 Å². The Hall–Kier alpha value is -3.23. The van der Waals surface area contributed by atoms with E-state index in [0.717, 1.165) is 11.1 Å². The van der Waals surface area contributed by atoms with Crippen LogP contribution in [0.2, 0.25) is 0 Å². The number of anilines is 1. The summed E-state index contributed by atoms with van der Waals surface area (Å²) in [5, 5.41) is 13.9. The lowest BCUT2D eigenvalue weighted by Gasteiger charge is -2.14. The maximum atomic E-state index is 12.2. The van der Waals surface area contributed by atoms with Crippen molar-refractivity contribution < 1.29 is 19.6 Å². The molecule has 0 radical (unpaired) electrons. The van der Waals surface area contributed by atoms with Crippen LogP contribution in [0, 0.1) is 0 Å². The maximum Gasteiger partial charge on any atom is 0.267 e. The second-order valence-corrected chi connectivity index (χ2v) is 5.80. The molecule has 27 heavy (non-hydrogen) atoms. The van der Waals surface area contributed by atoms with Gasteiger partial charge in [0.05, 0.1) is 0 Å². The Morgan fingerprint density at radius 1 is 1.07 bits per heavy atom. The number of rotatable bonds is 7. The molecule has 0 heterocycles. The number of nitrogens with two attached hydrogens (primary N) is 1. The van der Waals surface area contributed by atoms with E-state index in [1.165, 1.54) is 5.48 Å². The van der Waals surface area contributed by atoms with E-state index in [9.17, 15) is 14.4 Å². The quantitative estimate of drug-likeness (QED) is 0.370. The molecule has 6 N–H and O–H groups in total. The number of carbonyl (C=O) groups excluding carboxylic acids is 3. The van der Waals surface area contributed by atoms with E-state index in [4.69, 9.17) is 10.9 Å². The predicted molar refractivity (Wildman–Crippen MR) is 101 cm³/mol. The highest BCUT2D eigenvalue weighted by Gasteiger charge is 2.19. The van der Waals surface area contributed by atoms with Gasteiger partial charge in [-0.2, -0.15) is 0 Å². The lowest BCUT2D eigenvalue weighted by atomic mass is 10.0. The molecule has 0 spiro atoms. The molecular weight excluding hydrogens is 348 g/mol. The summed E-state index contributed by atoms with van der Waals surface area (Å²) in [5.41, 5.74) is 9.67. The second-order valence-electron chi connectivity index (χ2n) is 5.80. The summed E-state index contributed by atoms with van der Waals surface area (Å²) in [6, 6.07) is 13.1. The van der Waals surface area contributed by atoms with Gasteiger partial charge in [0.25, 0.3) is 11.8 Å². The monoisotopic (exact) mass is 370 g/mol. The molecule has 8 nitrogen and oxygen atoms in total. The van der Waals surface area contributed by atoms with E-state index in [-0.39, 0.29) is 12.5 Å². The van der Waals surface area contributed by atoms with E-state index < -0.39 is 17.9 Å². The molecule has 0 saturated heterocycles. The third kappa shape index (κ3) is 5.37. The van der Waals surface area contributed by atoms with Gasteiger partial charge in [0.1, 0.15) is 6.04 Å². The number of carbonyl (C=O) groups is 3. The molecular formula is C19H22N4O4. The van der Waals surface area contributed by atoms with Gasteiger partial charge in [0.15, 0.2) is 0 Å². The van der Waals surface area contributed by atoms with Gasteiger partial charge in [-0.1, -0.05) is 31.2 Å². The van der Waals surface area contributed by atoms with Crippen LogP contribution in [0.15, 0.2) is 48.5 Å². The predicted octanol–water partition coefficient (Wildman–Crippen LogP) is 1.26. The first-order valence-corrected chi connectivity index (χ1v) is 8.43. The standard InChI is InChI=1S/C19H22N4O4/c1-2-17(24)21-15-5-3-4-14(10-15)12-6-8-13(9-7-12)18(25)22-16(11-20)19(26)23-27/h3-10,16,27H,2,11,20H2,1H3,(H,21,24)(H,22,25)(H,23,26)/t16-/m0/s1. The first kappa shape index (κ1) is 20.1. The van der Waals surface area contributed by atoms with Crippen molar-refractivity contribution >= 4 is 23.4 Å². The molecule has 1 atom stereocenters. The molecule has 0 saturated carbocycles.